The molecule has 1 unspecified atom stereocenters. The van der Waals surface area contributed by atoms with Gasteiger partial charge in [-0.05, 0) is 63.5 Å². The van der Waals surface area contributed by atoms with Crippen molar-refractivity contribution in [3.8, 4) is 5.75 Å². The highest BCUT2D eigenvalue weighted by Crippen LogP contribution is 2.36. The van der Waals surface area contributed by atoms with Crippen molar-refractivity contribution in [2.45, 2.75) is 39.3 Å². The third kappa shape index (κ3) is 5.34. The molecule has 0 spiro atoms. The zero-order chi connectivity index (χ0) is 23.3. The molecule has 0 bridgehead atoms. The average Bonchev–Trinajstić information content (AvgIpc) is 2.77. The van der Waals surface area contributed by atoms with Crippen LogP contribution in [0.2, 0.25) is 5.02 Å². The number of ether oxygens (including phenoxy) is 2. The lowest BCUT2D eigenvalue weighted by atomic mass is 9.91. The van der Waals surface area contributed by atoms with E-state index in [-0.39, 0.29) is 23.2 Å². The van der Waals surface area contributed by atoms with Crippen LogP contribution in [0.15, 0.2) is 35.1 Å². The maximum atomic E-state index is 13.5. The lowest BCUT2D eigenvalue weighted by molar-refractivity contribution is -0.149. The van der Waals surface area contributed by atoms with E-state index in [0.29, 0.717) is 62.0 Å². The molecule has 1 saturated heterocycles. The van der Waals surface area contributed by atoms with Crippen molar-refractivity contribution in [1.29, 1.82) is 0 Å². The fraction of sp³-hybridized carbons (Fsp3) is 0.500. The molecule has 7 nitrogen and oxygen atoms in total. The fourth-order valence-corrected chi connectivity index (χ4v) is 4.58. The molecule has 1 aromatic carbocycles. The zero-order valence-corrected chi connectivity index (χ0v) is 19.6. The predicted octanol–water partition coefficient (Wildman–Crippen LogP) is 3.53. The van der Waals surface area contributed by atoms with Crippen molar-refractivity contribution in [2.75, 3.05) is 33.4 Å². The molecule has 2 aromatic rings. The Labute approximate surface area is 193 Å². The molecule has 0 radical (unpaired) electrons. The molecular formula is C24H31ClN2O5. The number of benzene rings is 1. The number of rotatable bonds is 8. The Bertz CT molecular complexity index is 998. The highest BCUT2D eigenvalue weighted by molar-refractivity contribution is 6.30. The van der Waals surface area contributed by atoms with Crippen molar-refractivity contribution in [3.63, 3.8) is 0 Å². The van der Waals surface area contributed by atoms with E-state index in [9.17, 15) is 14.7 Å². The van der Waals surface area contributed by atoms with Crippen LogP contribution in [-0.4, -0.2) is 54.0 Å². The molecule has 1 aliphatic rings. The molecule has 2 heterocycles. The predicted molar refractivity (Wildman–Crippen MR) is 123 cm³/mol. The van der Waals surface area contributed by atoms with Crippen molar-refractivity contribution in [1.82, 2.24) is 9.47 Å². The molecule has 174 valence electrons. The lowest BCUT2D eigenvalue weighted by Crippen LogP contribution is -2.42. The second kappa shape index (κ2) is 11.0. The van der Waals surface area contributed by atoms with Gasteiger partial charge in [-0.3, -0.25) is 14.5 Å². The van der Waals surface area contributed by atoms with E-state index in [4.69, 9.17) is 21.1 Å². The monoisotopic (exact) mass is 462 g/mol. The summed E-state index contributed by atoms with van der Waals surface area (Å²) in [6.45, 7) is 5.91. The Hall–Kier alpha value is -2.35. The molecule has 1 atom stereocenters. The number of aryl methyl sites for hydroxylation is 1. The molecule has 1 aromatic heterocycles. The highest BCUT2D eigenvalue weighted by atomic mass is 35.5. The third-order valence-electron chi connectivity index (χ3n) is 5.99. The molecule has 8 heteroatoms. The van der Waals surface area contributed by atoms with Gasteiger partial charge in [-0.2, -0.15) is 0 Å². The number of aromatic hydroxyl groups is 1. The van der Waals surface area contributed by atoms with Gasteiger partial charge in [-0.1, -0.05) is 23.7 Å². The molecule has 1 N–H and O–H groups in total. The second-order valence-corrected chi connectivity index (χ2v) is 8.49. The first-order chi connectivity index (χ1) is 15.4. The van der Waals surface area contributed by atoms with E-state index in [1.807, 2.05) is 18.2 Å². The quantitative estimate of drug-likeness (QED) is 0.604. The molecular weight excluding hydrogens is 432 g/mol. The van der Waals surface area contributed by atoms with Crippen LogP contribution in [0.25, 0.3) is 0 Å². The second-order valence-electron chi connectivity index (χ2n) is 8.05. The smallest absolute Gasteiger partial charge is 0.309 e. The van der Waals surface area contributed by atoms with Gasteiger partial charge < -0.3 is 19.1 Å². The number of esters is 1. The number of piperidine rings is 1. The number of nitrogens with zero attached hydrogens (tertiary/aromatic N) is 2. The summed E-state index contributed by atoms with van der Waals surface area (Å²) in [6, 6.07) is 8.48. The minimum absolute atomic E-state index is 0.0429. The van der Waals surface area contributed by atoms with Gasteiger partial charge in [0, 0.05) is 24.4 Å². The number of hydrogen-bond acceptors (Lipinski definition) is 6. The van der Waals surface area contributed by atoms with Gasteiger partial charge in [0.15, 0.2) is 0 Å². The first-order valence-electron chi connectivity index (χ1n) is 11.0. The molecule has 0 amide bonds. The van der Waals surface area contributed by atoms with Crippen LogP contribution in [-0.2, 0) is 20.8 Å². The summed E-state index contributed by atoms with van der Waals surface area (Å²) < 4.78 is 12.0. The largest absolute Gasteiger partial charge is 0.507 e. The maximum absolute atomic E-state index is 13.5. The minimum Gasteiger partial charge on any atom is -0.507 e. The van der Waals surface area contributed by atoms with E-state index < -0.39 is 6.04 Å². The summed E-state index contributed by atoms with van der Waals surface area (Å²) in [5.74, 6) is -0.374. The number of pyridine rings is 1. The minimum atomic E-state index is -0.487. The number of aromatic nitrogens is 1. The summed E-state index contributed by atoms with van der Waals surface area (Å²) in [4.78, 5) is 27.8. The van der Waals surface area contributed by atoms with Crippen molar-refractivity contribution in [3.05, 3.63) is 62.5 Å². The van der Waals surface area contributed by atoms with E-state index in [0.717, 1.165) is 5.56 Å². The Morgan fingerprint density at radius 1 is 1.28 bits per heavy atom. The van der Waals surface area contributed by atoms with Crippen LogP contribution >= 0.6 is 11.6 Å². The van der Waals surface area contributed by atoms with Crippen LogP contribution in [0.3, 0.4) is 0 Å². The first-order valence-corrected chi connectivity index (χ1v) is 11.3. The zero-order valence-electron chi connectivity index (χ0n) is 18.8. The highest BCUT2D eigenvalue weighted by Gasteiger charge is 2.34. The summed E-state index contributed by atoms with van der Waals surface area (Å²) in [5.41, 5.74) is 1.54. The molecule has 1 aliphatic heterocycles. The number of hydrogen-bond donors (Lipinski definition) is 1. The Morgan fingerprint density at radius 2 is 2.00 bits per heavy atom. The summed E-state index contributed by atoms with van der Waals surface area (Å²) in [6.07, 6.45) is 1.25. The van der Waals surface area contributed by atoms with Gasteiger partial charge in [0.2, 0.25) is 0 Å². The average molecular weight is 463 g/mol. The number of halogens is 1. The fourth-order valence-electron chi connectivity index (χ4n) is 4.38. The topological polar surface area (TPSA) is 81.0 Å². The SMILES string of the molecule is CCOC(=O)C1CCN(C(c2cccc(Cl)c2)c2c(O)cc(C)n(CCOC)c2=O)CC1. The van der Waals surface area contributed by atoms with Gasteiger partial charge in [0.05, 0.1) is 30.7 Å². The van der Waals surface area contributed by atoms with Gasteiger partial charge in [0.25, 0.3) is 5.56 Å². The number of methoxy groups -OCH3 is 1. The van der Waals surface area contributed by atoms with E-state index in [2.05, 4.69) is 4.90 Å². The van der Waals surface area contributed by atoms with E-state index >= 15 is 0 Å². The normalized spacial score (nSPS) is 16.1. The van der Waals surface area contributed by atoms with Gasteiger partial charge in [-0.25, -0.2) is 0 Å². The molecule has 3 rings (SSSR count). The summed E-state index contributed by atoms with van der Waals surface area (Å²) >= 11 is 6.28. The Balaban J connectivity index is 2.02. The molecule has 0 saturated carbocycles. The van der Waals surface area contributed by atoms with E-state index in [1.165, 1.54) is 0 Å². The van der Waals surface area contributed by atoms with Crippen LogP contribution in [0.5, 0.6) is 5.75 Å². The summed E-state index contributed by atoms with van der Waals surface area (Å²) in [7, 11) is 1.59. The number of likely N-dealkylation sites (tertiary alicyclic amines) is 1. The van der Waals surface area contributed by atoms with Gasteiger partial charge in [0.1, 0.15) is 5.75 Å². The van der Waals surface area contributed by atoms with Crippen molar-refractivity contribution < 1.29 is 19.4 Å². The number of carbonyl (C=O) groups is 1. The Morgan fingerprint density at radius 3 is 2.62 bits per heavy atom. The maximum Gasteiger partial charge on any atom is 0.309 e. The van der Waals surface area contributed by atoms with Crippen molar-refractivity contribution >= 4 is 17.6 Å². The molecule has 32 heavy (non-hydrogen) atoms. The van der Waals surface area contributed by atoms with Gasteiger partial charge >= 0.3 is 5.97 Å². The third-order valence-corrected chi connectivity index (χ3v) is 6.23. The van der Waals surface area contributed by atoms with Crippen molar-refractivity contribution in [2.24, 2.45) is 5.92 Å². The van der Waals surface area contributed by atoms with Crippen LogP contribution in [0.1, 0.15) is 42.6 Å². The van der Waals surface area contributed by atoms with Crippen LogP contribution in [0, 0.1) is 12.8 Å². The standard InChI is InChI=1S/C24H31ClN2O5/c1-4-32-24(30)17-8-10-26(11-9-17)22(18-6-5-7-19(25)15-18)21-20(28)14-16(2)27(23(21)29)12-13-31-3/h5-7,14-15,17,22,28H,4,8-13H2,1-3H3. The van der Waals surface area contributed by atoms with E-state index in [1.54, 1.807) is 37.7 Å². The lowest BCUT2D eigenvalue weighted by Gasteiger charge is -2.37. The van der Waals surface area contributed by atoms with Crippen LogP contribution in [0.4, 0.5) is 0 Å². The molecule has 0 aliphatic carbocycles. The van der Waals surface area contributed by atoms with Crippen LogP contribution < -0.4 is 5.56 Å². The summed E-state index contributed by atoms with van der Waals surface area (Å²) in [5, 5.41) is 11.4. The number of carbonyl (C=O) groups excluding carboxylic acids is 1. The van der Waals surface area contributed by atoms with Gasteiger partial charge in [-0.15, -0.1) is 0 Å². The Kier molecular flexibility index (Phi) is 8.34. The molecule has 1 fully saturated rings. The first kappa shape index (κ1) is 24.3.